The Morgan fingerprint density at radius 2 is 0.909 bits per heavy atom. The van der Waals surface area contributed by atoms with Crippen molar-refractivity contribution >= 4 is 11.0 Å². The molecule has 0 aliphatic carbocycles. The van der Waals surface area contributed by atoms with Crippen LogP contribution in [0, 0.1) is 6.92 Å². The van der Waals surface area contributed by atoms with E-state index in [1.807, 2.05) is 6.20 Å². The van der Waals surface area contributed by atoms with Crippen molar-refractivity contribution < 1.29 is 5.11 Å². The zero-order chi connectivity index (χ0) is 53.8. The van der Waals surface area contributed by atoms with Gasteiger partial charge in [0, 0.05) is 28.5 Å². The number of rotatable bonds is 9. The Labute approximate surface area is 455 Å². The summed E-state index contributed by atoms with van der Waals surface area (Å²) in [7, 11) is 0. The second-order valence-electron chi connectivity index (χ2n) is 23.8. The highest BCUT2D eigenvalue weighted by molar-refractivity contribution is 5.99. The lowest BCUT2D eigenvalue weighted by atomic mass is 9.79. The Hall–Kier alpha value is -8.60. The number of aromatic nitrogens is 3. The van der Waals surface area contributed by atoms with Crippen LogP contribution in [0.2, 0.25) is 0 Å². The van der Waals surface area contributed by atoms with Gasteiger partial charge in [0.05, 0.1) is 28.0 Å². The molecule has 0 spiro atoms. The van der Waals surface area contributed by atoms with Gasteiger partial charge >= 0.3 is 0 Å². The van der Waals surface area contributed by atoms with Crippen LogP contribution >= 0.6 is 0 Å². The summed E-state index contributed by atoms with van der Waals surface area (Å²) < 4.78 is 2.32. The minimum atomic E-state index is -0.360. The number of imidazole rings is 1. The standard InChI is InChI=1S/C73H67N3O/c1-47-39-67(62(46-61(47)52-25-18-13-19-26-52)53-33-35-58(36-34-53)71(2,3)4)76-66-28-20-27-60(68(66)75-70(76)63-44-59(72(5,6)7)45-64(69(63)77)73(8,9)10)56-40-55(49-23-16-12-17-24-49)41-57(42-56)65-43-54(37-38-74-65)51-31-29-50(30-32-51)48-21-14-11-15-22-48/h11-46,77H,1-10H3. The van der Waals surface area contributed by atoms with E-state index in [4.69, 9.17) is 9.97 Å². The lowest BCUT2D eigenvalue weighted by Crippen LogP contribution is -2.17. The smallest absolute Gasteiger partial charge is 0.149 e. The first-order valence-corrected chi connectivity index (χ1v) is 26.9. The van der Waals surface area contributed by atoms with Crippen molar-refractivity contribution in [1.29, 1.82) is 0 Å². The van der Waals surface area contributed by atoms with Crippen LogP contribution < -0.4 is 0 Å². The molecule has 0 bridgehead atoms. The molecule has 9 aromatic carbocycles. The van der Waals surface area contributed by atoms with Crippen molar-refractivity contribution in [3.05, 3.63) is 241 Å². The second-order valence-corrected chi connectivity index (χ2v) is 23.8. The predicted molar refractivity (Wildman–Crippen MR) is 325 cm³/mol. The fraction of sp³-hybridized carbons (Fsp3) is 0.178. The van der Waals surface area contributed by atoms with Crippen LogP contribution in [0.4, 0.5) is 0 Å². The van der Waals surface area contributed by atoms with Gasteiger partial charge in [-0.2, -0.15) is 0 Å². The average molecular weight is 1000 g/mol. The molecule has 0 saturated heterocycles. The van der Waals surface area contributed by atoms with Gasteiger partial charge in [-0.15, -0.1) is 0 Å². The summed E-state index contributed by atoms with van der Waals surface area (Å²) in [6, 6.07) is 76.3. The number of hydrogen-bond acceptors (Lipinski definition) is 3. The lowest BCUT2D eigenvalue weighted by molar-refractivity contribution is 0.446. The third-order valence-corrected chi connectivity index (χ3v) is 15.2. The van der Waals surface area contributed by atoms with Gasteiger partial charge in [-0.05, 0) is 150 Å². The molecule has 0 aliphatic heterocycles. The molecule has 4 nitrogen and oxygen atoms in total. The average Bonchev–Trinajstić information content (AvgIpc) is 3.99. The number of hydrogen-bond donors (Lipinski definition) is 1. The number of nitrogens with zero attached hydrogens (tertiary/aromatic N) is 3. The molecule has 11 aromatic rings. The SMILES string of the molecule is Cc1cc(-n2c(-c3cc(C(C)(C)C)cc(C(C)(C)C)c3O)nc3c(-c4cc(-c5ccccc5)cc(-c5cc(-c6ccc(-c7ccccc7)cc6)ccn5)c4)cccc32)c(-c2ccc(C(C)(C)C)cc2)cc1-c1ccccc1. The molecule has 0 radical (unpaired) electrons. The van der Waals surface area contributed by atoms with E-state index < -0.39 is 0 Å². The molecule has 0 aliphatic rings. The molecule has 380 valence electrons. The van der Waals surface area contributed by atoms with Crippen molar-refractivity contribution in [2.45, 2.75) is 85.5 Å². The molecule has 0 atom stereocenters. The van der Waals surface area contributed by atoms with E-state index in [-0.39, 0.29) is 22.0 Å². The monoisotopic (exact) mass is 1000 g/mol. The molecule has 11 rings (SSSR count). The maximum atomic E-state index is 12.8. The topological polar surface area (TPSA) is 50.9 Å². The van der Waals surface area contributed by atoms with Crippen molar-refractivity contribution in [1.82, 2.24) is 14.5 Å². The molecular weight excluding hydrogens is 935 g/mol. The maximum absolute atomic E-state index is 12.8. The number of fused-ring (bicyclic) bond motifs is 1. The summed E-state index contributed by atoms with van der Waals surface area (Å²) in [6.45, 7) is 22.2. The first-order chi connectivity index (χ1) is 36.9. The molecule has 0 saturated carbocycles. The highest BCUT2D eigenvalue weighted by Crippen LogP contribution is 2.47. The number of aromatic hydroxyl groups is 1. The van der Waals surface area contributed by atoms with Gasteiger partial charge in [-0.3, -0.25) is 9.55 Å². The summed E-state index contributed by atoms with van der Waals surface area (Å²) >= 11 is 0. The highest BCUT2D eigenvalue weighted by atomic mass is 16.3. The zero-order valence-electron chi connectivity index (χ0n) is 46.1. The summed E-state index contributed by atoms with van der Waals surface area (Å²) in [6.07, 6.45) is 1.92. The lowest BCUT2D eigenvalue weighted by Gasteiger charge is -2.28. The second kappa shape index (κ2) is 19.8. The number of phenols is 1. The van der Waals surface area contributed by atoms with Crippen LogP contribution in [0.5, 0.6) is 5.75 Å². The number of phenolic OH excluding ortho intramolecular Hbond substituents is 1. The van der Waals surface area contributed by atoms with E-state index in [1.165, 1.54) is 16.7 Å². The quantitative estimate of drug-likeness (QED) is 0.157. The molecule has 2 heterocycles. The van der Waals surface area contributed by atoms with Crippen LogP contribution in [-0.4, -0.2) is 19.6 Å². The van der Waals surface area contributed by atoms with Crippen molar-refractivity contribution in [3.63, 3.8) is 0 Å². The van der Waals surface area contributed by atoms with Gasteiger partial charge in [-0.1, -0.05) is 220 Å². The first-order valence-electron chi connectivity index (χ1n) is 26.9. The minimum Gasteiger partial charge on any atom is -0.507 e. The normalized spacial score (nSPS) is 12.1. The first kappa shape index (κ1) is 50.6. The fourth-order valence-electron chi connectivity index (χ4n) is 10.7. The molecular formula is C73H67N3O. The third kappa shape index (κ3) is 10.0. The van der Waals surface area contributed by atoms with E-state index in [0.29, 0.717) is 11.4 Å². The van der Waals surface area contributed by atoms with E-state index in [0.717, 1.165) is 100 Å². The maximum Gasteiger partial charge on any atom is 0.149 e. The molecule has 0 unspecified atom stereocenters. The highest BCUT2D eigenvalue weighted by Gasteiger charge is 2.30. The Morgan fingerprint density at radius 1 is 0.377 bits per heavy atom. The van der Waals surface area contributed by atoms with Crippen LogP contribution in [0.15, 0.2) is 219 Å². The van der Waals surface area contributed by atoms with Crippen molar-refractivity contribution in [2.75, 3.05) is 0 Å². The molecule has 1 N–H and O–H groups in total. The summed E-state index contributed by atoms with van der Waals surface area (Å²) in [5.74, 6) is 0.916. The van der Waals surface area contributed by atoms with Crippen molar-refractivity contribution in [2.24, 2.45) is 0 Å². The fourth-order valence-corrected chi connectivity index (χ4v) is 10.7. The Morgan fingerprint density at radius 3 is 1.52 bits per heavy atom. The number of pyridine rings is 1. The summed E-state index contributed by atoms with van der Waals surface area (Å²) in [4.78, 5) is 10.9. The van der Waals surface area contributed by atoms with Gasteiger partial charge in [-0.25, -0.2) is 4.98 Å². The Kier molecular flexibility index (Phi) is 13.0. The largest absolute Gasteiger partial charge is 0.507 e. The van der Waals surface area contributed by atoms with Crippen LogP contribution in [0.25, 0.3) is 106 Å². The number of benzene rings is 9. The van der Waals surface area contributed by atoms with Gasteiger partial charge in [0.2, 0.25) is 0 Å². The summed E-state index contributed by atoms with van der Waals surface area (Å²) in [5.41, 5.74) is 22.4. The molecule has 77 heavy (non-hydrogen) atoms. The zero-order valence-corrected chi connectivity index (χ0v) is 46.1. The Balaban J connectivity index is 1.18. The number of para-hydroxylation sites is 1. The van der Waals surface area contributed by atoms with E-state index >= 15 is 0 Å². The van der Waals surface area contributed by atoms with Gasteiger partial charge in [0.1, 0.15) is 11.6 Å². The number of aryl methyl sites for hydroxylation is 1. The van der Waals surface area contributed by atoms with E-state index in [2.05, 4.69) is 286 Å². The molecule has 4 heteroatoms. The van der Waals surface area contributed by atoms with Gasteiger partial charge in [0.25, 0.3) is 0 Å². The molecule has 2 aromatic heterocycles. The van der Waals surface area contributed by atoms with Crippen molar-refractivity contribution in [3.8, 4) is 101 Å². The van der Waals surface area contributed by atoms with E-state index in [1.54, 1.807) is 0 Å². The van der Waals surface area contributed by atoms with Crippen LogP contribution in [-0.2, 0) is 16.2 Å². The van der Waals surface area contributed by atoms with Crippen LogP contribution in [0.3, 0.4) is 0 Å². The molecule has 0 amide bonds. The van der Waals surface area contributed by atoms with Gasteiger partial charge in [0.15, 0.2) is 0 Å². The van der Waals surface area contributed by atoms with Gasteiger partial charge < -0.3 is 5.11 Å². The van der Waals surface area contributed by atoms with E-state index in [9.17, 15) is 5.11 Å². The molecule has 0 fully saturated rings. The van der Waals surface area contributed by atoms with Crippen LogP contribution in [0.1, 0.15) is 84.6 Å². The predicted octanol–water partition coefficient (Wildman–Crippen LogP) is 19.7. The third-order valence-electron chi connectivity index (χ3n) is 15.2. The Bertz CT molecular complexity index is 3940. The summed E-state index contributed by atoms with van der Waals surface area (Å²) in [5, 5.41) is 12.8. The minimum absolute atomic E-state index is 0.0139.